The first kappa shape index (κ1) is 22.5. The molecule has 2 N–H and O–H groups in total. The number of nitrogens with one attached hydrogen (secondary N) is 1. The van der Waals surface area contributed by atoms with E-state index >= 15 is 0 Å². The third-order valence-electron chi connectivity index (χ3n) is 8.51. The SMILES string of the molecule is O=[S@@]1CCCCc2nc(N3CCC(c4ccc5c(c4)CCC5)CC3)nc(NC3(CO)CCC3)c21. The van der Waals surface area contributed by atoms with Crippen LogP contribution in [0, 0.1) is 0 Å². The molecule has 1 atom stereocenters. The number of piperidine rings is 1. The van der Waals surface area contributed by atoms with Gasteiger partial charge in [0.15, 0.2) is 0 Å². The average molecular weight is 481 g/mol. The molecule has 2 aliphatic carbocycles. The molecule has 1 aromatic heterocycles. The molecule has 4 aliphatic rings. The molecule has 1 aromatic carbocycles. The largest absolute Gasteiger partial charge is 0.394 e. The molecule has 7 heteroatoms. The Kier molecular flexibility index (Phi) is 6.10. The minimum atomic E-state index is -1.09. The first-order chi connectivity index (χ1) is 16.6. The highest BCUT2D eigenvalue weighted by atomic mass is 32.2. The van der Waals surface area contributed by atoms with Gasteiger partial charge in [-0.25, -0.2) is 4.98 Å². The van der Waals surface area contributed by atoms with Crippen LogP contribution in [0.3, 0.4) is 0 Å². The number of aliphatic hydroxyl groups excluding tert-OH is 1. The lowest BCUT2D eigenvalue weighted by molar-refractivity contribution is 0.143. The maximum absolute atomic E-state index is 13.1. The summed E-state index contributed by atoms with van der Waals surface area (Å²) in [6, 6.07) is 7.18. The van der Waals surface area contributed by atoms with Crippen molar-refractivity contribution in [2.24, 2.45) is 0 Å². The molecular weight excluding hydrogens is 444 g/mol. The summed E-state index contributed by atoms with van der Waals surface area (Å²) in [5.41, 5.74) is 5.22. The number of anilines is 2. The Morgan fingerprint density at radius 3 is 2.62 bits per heavy atom. The topological polar surface area (TPSA) is 78.4 Å². The number of fused-ring (bicyclic) bond motifs is 2. The zero-order chi connectivity index (χ0) is 23.1. The van der Waals surface area contributed by atoms with Gasteiger partial charge in [-0.3, -0.25) is 4.21 Å². The van der Waals surface area contributed by atoms with Crippen LogP contribution in [0.25, 0.3) is 0 Å². The number of aryl methyl sites for hydroxylation is 3. The number of hydrogen-bond acceptors (Lipinski definition) is 6. The second-order valence-corrected chi connectivity index (χ2v) is 12.2. The zero-order valence-electron chi connectivity index (χ0n) is 20.0. The summed E-state index contributed by atoms with van der Waals surface area (Å²) < 4.78 is 13.1. The maximum atomic E-state index is 13.1. The van der Waals surface area contributed by atoms with Gasteiger partial charge in [-0.05, 0) is 93.2 Å². The van der Waals surface area contributed by atoms with Crippen LogP contribution in [0.4, 0.5) is 11.8 Å². The molecule has 2 aliphatic heterocycles. The number of aliphatic hydroxyl groups is 1. The molecule has 0 bridgehead atoms. The van der Waals surface area contributed by atoms with Crippen molar-refractivity contribution < 1.29 is 9.32 Å². The normalized spacial score (nSPS) is 24.1. The first-order valence-corrected chi connectivity index (χ1v) is 14.5. The Hall–Kier alpha value is -1.99. The Balaban J connectivity index is 1.25. The second-order valence-electron chi connectivity index (χ2n) is 10.7. The maximum Gasteiger partial charge on any atom is 0.227 e. The predicted molar refractivity (Wildman–Crippen MR) is 136 cm³/mol. The van der Waals surface area contributed by atoms with Gasteiger partial charge < -0.3 is 15.3 Å². The van der Waals surface area contributed by atoms with Crippen LogP contribution in [0.5, 0.6) is 0 Å². The molecule has 2 fully saturated rings. The smallest absolute Gasteiger partial charge is 0.227 e. The van der Waals surface area contributed by atoms with E-state index in [9.17, 15) is 9.32 Å². The van der Waals surface area contributed by atoms with Crippen LogP contribution in [0.1, 0.15) is 79.7 Å². The molecule has 1 saturated heterocycles. The fourth-order valence-electron chi connectivity index (χ4n) is 6.18. The van der Waals surface area contributed by atoms with Gasteiger partial charge in [0.2, 0.25) is 5.95 Å². The van der Waals surface area contributed by atoms with Crippen molar-refractivity contribution in [1.29, 1.82) is 0 Å². The molecular formula is C27H36N4O2S. The number of hydrogen-bond donors (Lipinski definition) is 2. The van der Waals surface area contributed by atoms with E-state index in [0.29, 0.717) is 17.5 Å². The molecule has 0 amide bonds. The Labute approximate surface area is 205 Å². The van der Waals surface area contributed by atoms with Gasteiger partial charge in [0.25, 0.3) is 0 Å². The molecule has 0 unspecified atom stereocenters. The number of rotatable bonds is 5. The third-order valence-corrected chi connectivity index (χ3v) is 10.1. The van der Waals surface area contributed by atoms with E-state index in [4.69, 9.17) is 9.97 Å². The monoisotopic (exact) mass is 480 g/mol. The highest BCUT2D eigenvalue weighted by Gasteiger charge is 2.38. The quantitative estimate of drug-likeness (QED) is 0.670. The lowest BCUT2D eigenvalue weighted by Crippen LogP contribution is -2.49. The van der Waals surface area contributed by atoms with Crippen LogP contribution in [0.15, 0.2) is 23.1 Å². The van der Waals surface area contributed by atoms with Crippen molar-refractivity contribution in [2.75, 3.05) is 35.7 Å². The minimum Gasteiger partial charge on any atom is -0.394 e. The molecule has 34 heavy (non-hydrogen) atoms. The Bertz CT molecular complexity index is 1090. The molecule has 6 rings (SSSR count). The van der Waals surface area contributed by atoms with Gasteiger partial charge >= 0.3 is 0 Å². The summed E-state index contributed by atoms with van der Waals surface area (Å²) in [6.07, 6.45) is 11.8. The van der Waals surface area contributed by atoms with Gasteiger partial charge in [0, 0.05) is 18.8 Å². The fraction of sp³-hybridized carbons (Fsp3) is 0.630. The highest BCUT2D eigenvalue weighted by Crippen LogP contribution is 2.39. The van der Waals surface area contributed by atoms with Crippen molar-refractivity contribution >= 4 is 22.6 Å². The lowest BCUT2D eigenvalue weighted by Gasteiger charge is -2.42. The molecule has 0 spiro atoms. The number of benzene rings is 1. The van der Waals surface area contributed by atoms with Crippen LogP contribution in [0.2, 0.25) is 0 Å². The van der Waals surface area contributed by atoms with E-state index in [1.54, 1.807) is 11.1 Å². The molecule has 6 nitrogen and oxygen atoms in total. The summed E-state index contributed by atoms with van der Waals surface area (Å²) in [5.74, 6) is 2.73. The Morgan fingerprint density at radius 2 is 1.85 bits per heavy atom. The molecule has 182 valence electrons. The van der Waals surface area contributed by atoms with Crippen molar-refractivity contribution in [2.45, 2.75) is 87.0 Å². The molecule has 0 radical (unpaired) electrons. The molecule has 2 aromatic rings. The molecule has 1 saturated carbocycles. The van der Waals surface area contributed by atoms with Gasteiger partial charge in [-0.2, -0.15) is 4.98 Å². The summed E-state index contributed by atoms with van der Waals surface area (Å²) in [6.45, 7) is 1.96. The van der Waals surface area contributed by atoms with E-state index in [0.717, 1.165) is 81.0 Å². The number of aromatic nitrogens is 2. The average Bonchev–Trinajstić information content (AvgIpc) is 3.23. The van der Waals surface area contributed by atoms with Crippen LogP contribution < -0.4 is 10.2 Å². The molecule has 3 heterocycles. The van der Waals surface area contributed by atoms with Crippen LogP contribution in [-0.2, 0) is 30.1 Å². The van der Waals surface area contributed by atoms with Crippen LogP contribution >= 0.6 is 0 Å². The summed E-state index contributed by atoms with van der Waals surface area (Å²) >= 11 is 0. The zero-order valence-corrected chi connectivity index (χ0v) is 20.8. The predicted octanol–water partition coefficient (Wildman–Crippen LogP) is 4.12. The van der Waals surface area contributed by atoms with Crippen molar-refractivity contribution in [1.82, 2.24) is 9.97 Å². The van der Waals surface area contributed by atoms with E-state index in [1.807, 2.05) is 0 Å². The third kappa shape index (κ3) is 4.15. The van der Waals surface area contributed by atoms with E-state index in [1.165, 1.54) is 24.8 Å². The van der Waals surface area contributed by atoms with E-state index < -0.39 is 10.8 Å². The van der Waals surface area contributed by atoms with Gasteiger partial charge in [-0.1, -0.05) is 18.2 Å². The fourth-order valence-corrected chi connectivity index (χ4v) is 7.58. The van der Waals surface area contributed by atoms with Crippen molar-refractivity contribution in [3.63, 3.8) is 0 Å². The van der Waals surface area contributed by atoms with Gasteiger partial charge in [-0.15, -0.1) is 0 Å². The van der Waals surface area contributed by atoms with Crippen molar-refractivity contribution in [3.8, 4) is 0 Å². The van der Waals surface area contributed by atoms with Gasteiger partial charge in [0.1, 0.15) is 10.7 Å². The summed E-state index contributed by atoms with van der Waals surface area (Å²) in [5, 5.41) is 13.6. The first-order valence-electron chi connectivity index (χ1n) is 13.2. The number of nitrogens with zero attached hydrogens (tertiary/aromatic N) is 3. The van der Waals surface area contributed by atoms with Crippen LogP contribution in [-0.4, -0.2) is 50.3 Å². The highest BCUT2D eigenvalue weighted by molar-refractivity contribution is 7.85. The second kappa shape index (κ2) is 9.23. The standard InChI is InChI=1S/C27H36N4O2S/c32-18-27(12-4-13-27)30-25-24-23(7-1-2-16-34(24)33)28-26(29-25)31-14-10-20(11-15-31)22-9-8-19-5-3-6-21(19)17-22/h8-9,17,20,32H,1-7,10-16,18H2,(H,28,29,30)/t34-/m1/s1. The van der Waals surface area contributed by atoms with Gasteiger partial charge in [0.05, 0.1) is 28.6 Å². The summed E-state index contributed by atoms with van der Waals surface area (Å²) in [4.78, 5) is 13.0. The van der Waals surface area contributed by atoms with E-state index in [2.05, 4.69) is 28.4 Å². The lowest BCUT2D eigenvalue weighted by atomic mass is 9.77. The van der Waals surface area contributed by atoms with Crippen molar-refractivity contribution in [3.05, 3.63) is 40.6 Å². The Morgan fingerprint density at radius 1 is 1.03 bits per heavy atom. The summed E-state index contributed by atoms with van der Waals surface area (Å²) in [7, 11) is -1.09. The minimum absolute atomic E-state index is 0.0833. The van der Waals surface area contributed by atoms with E-state index in [-0.39, 0.29) is 12.1 Å².